The van der Waals surface area contributed by atoms with E-state index in [-0.39, 0.29) is 5.91 Å². The number of carbonyl (C=O) groups excluding carboxylic acids is 1. The molecule has 2 bridgehead atoms. The SMILES string of the molecule is Cc1cccc2cnc(C(=O)NC3CC4CC3CN4)cc12. The predicted molar refractivity (Wildman–Crippen MR) is 82.2 cm³/mol. The van der Waals surface area contributed by atoms with Gasteiger partial charge in [0.15, 0.2) is 0 Å². The van der Waals surface area contributed by atoms with Crippen LogP contribution >= 0.6 is 0 Å². The van der Waals surface area contributed by atoms with Crippen LogP contribution in [0.4, 0.5) is 0 Å². The van der Waals surface area contributed by atoms with Gasteiger partial charge in [0.05, 0.1) is 0 Å². The molecule has 1 aliphatic carbocycles. The highest BCUT2D eigenvalue weighted by Crippen LogP contribution is 2.31. The van der Waals surface area contributed by atoms with Gasteiger partial charge < -0.3 is 10.6 Å². The minimum atomic E-state index is -0.0438. The second-order valence-corrected chi connectivity index (χ2v) is 6.28. The minimum Gasteiger partial charge on any atom is -0.348 e. The molecule has 2 aliphatic rings. The van der Waals surface area contributed by atoms with E-state index in [1.165, 1.54) is 12.0 Å². The molecule has 1 aromatic carbocycles. The number of rotatable bonds is 2. The first-order valence-corrected chi connectivity index (χ1v) is 7.60. The Morgan fingerprint density at radius 2 is 2.29 bits per heavy atom. The molecule has 2 N–H and O–H groups in total. The molecular formula is C17H19N3O. The van der Waals surface area contributed by atoms with Gasteiger partial charge in [-0.3, -0.25) is 9.78 Å². The van der Waals surface area contributed by atoms with Crippen LogP contribution in [0.15, 0.2) is 30.5 Å². The lowest BCUT2D eigenvalue weighted by Crippen LogP contribution is -2.44. The molecule has 3 atom stereocenters. The Bertz CT molecular complexity index is 712. The van der Waals surface area contributed by atoms with Gasteiger partial charge >= 0.3 is 0 Å². The van der Waals surface area contributed by atoms with Gasteiger partial charge in [0.1, 0.15) is 5.69 Å². The summed E-state index contributed by atoms with van der Waals surface area (Å²) in [5, 5.41) is 8.82. The number of aryl methyl sites for hydroxylation is 1. The van der Waals surface area contributed by atoms with Crippen LogP contribution in [-0.2, 0) is 0 Å². The maximum absolute atomic E-state index is 12.4. The summed E-state index contributed by atoms with van der Waals surface area (Å²) in [4.78, 5) is 16.8. The molecule has 1 aromatic heterocycles. The van der Waals surface area contributed by atoms with E-state index in [1.807, 2.05) is 18.2 Å². The van der Waals surface area contributed by atoms with Crippen molar-refractivity contribution in [2.75, 3.05) is 6.54 Å². The molecule has 4 rings (SSSR count). The lowest BCUT2D eigenvalue weighted by atomic mass is 10.0. The molecule has 0 spiro atoms. The van der Waals surface area contributed by atoms with E-state index in [2.05, 4.69) is 28.6 Å². The van der Waals surface area contributed by atoms with Gasteiger partial charge in [-0.05, 0) is 42.7 Å². The third kappa shape index (κ3) is 2.20. The fourth-order valence-electron chi connectivity index (χ4n) is 3.70. The number of hydrogen-bond acceptors (Lipinski definition) is 3. The van der Waals surface area contributed by atoms with Gasteiger partial charge in [0.2, 0.25) is 0 Å². The number of amides is 1. The Morgan fingerprint density at radius 3 is 3.05 bits per heavy atom. The molecule has 1 saturated heterocycles. The molecule has 108 valence electrons. The highest BCUT2D eigenvalue weighted by molar-refractivity contribution is 5.97. The van der Waals surface area contributed by atoms with Crippen LogP contribution in [0.1, 0.15) is 28.9 Å². The van der Waals surface area contributed by atoms with Gasteiger partial charge in [0.25, 0.3) is 5.91 Å². The van der Waals surface area contributed by atoms with Crippen LogP contribution in [0.25, 0.3) is 10.8 Å². The van der Waals surface area contributed by atoms with Gasteiger partial charge in [-0.1, -0.05) is 18.2 Å². The normalized spacial score (nSPS) is 27.2. The number of piperidine rings is 1. The Labute approximate surface area is 124 Å². The molecule has 21 heavy (non-hydrogen) atoms. The van der Waals surface area contributed by atoms with Crippen LogP contribution in [0.3, 0.4) is 0 Å². The van der Waals surface area contributed by atoms with Crippen molar-refractivity contribution in [3.8, 4) is 0 Å². The Kier molecular flexibility index (Phi) is 2.93. The maximum Gasteiger partial charge on any atom is 0.270 e. The molecule has 0 radical (unpaired) electrons. The second kappa shape index (κ2) is 4.81. The molecule has 2 aromatic rings. The highest BCUT2D eigenvalue weighted by Gasteiger charge is 2.40. The molecule has 1 saturated carbocycles. The predicted octanol–water partition coefficient (Wildman–Crippen LogP) is 2.02. The summed E-state index contributed by atoms with van der Waals surface area (Å²) in [7, 11) is 0. The van der Waals surface area contributed by atoms with E-state index in [0.717, 1.165) is 23.7 Å². The van der Waals surface area contributed by atoms with Gasteiger partial charge in [-0.25, -0.2) is 0 Å². The lowest BCUT2D eigenvalue weighted by Gasteiger charge is -2.23. The average Bonchev–Trinajstić information content (AvgIpc) is 3.10. The zero-order chi connectivity index (χ0) is 14.4. The number of carbonyl (C=O) groups is 1. The molecule has 1 aliphatic heterocycles. The monoisotopic (exact) mass is 281 g/mol. The standard InChI is InChI=1S/C17H19N3O/c1-10-3-2-4-11-8-19-16(7-14(10)11)17(21)20-15-6-13-5-12(15)9-18-13/h2-4,7-8,12-13,15,18H,5-6,9H2,1H3,(H,20,21). The first-order valence-electron chi connectivity index (χ1n) is 7.60. The summed E-state index contributed by atoms with van der Waals surface area (Å²) >= 11 is 0. The molecule has 1 amide bonds. The third-order valence-corrected chi connectivity index (χ3v) is 4.89. The minimum absolute atomic E-state index is 0.0438. The Balaban J connectivity index is 1.58. The van der Waals surface area contributed by atoms with Crippen molar-refractivity contribution in [3.63, 3.8) is 0 Å². The smallest absolute Gasteiger partial charge is 0.270 e. The number of fused-ring (bicyclic) bond motifs is 3. The summed E-state index contributed by atoms with van der Waals surface area (Å²) < 4.78 is 0. The number of nitrogens with one attached hydrogen (secondary N) is 2. The van der Waals surface area contributed by atoms with Crippen LogP contribution in [0, 0.1) is 12.8 Å². The van der Waals surface area contributed by atoms with Gasteiger partial charge in [-0.15, -0.1) is 0 Å². The van der Waals surface area contributed by atoms with Crippen molar-refractivity contribution in [3.05, 3.63) is 41.7 Å². The number of hydrogen-bond donors (Lipinski definition) is 2. The van der Waals surface area contributed by atoms with Crippen LogP contribution in [-0.4, -0.2) is 29.5 Å². The topological polar surface area (TPSA) is 54.0 Å². The van der Waals surface area contributed by atoms with Crippen molar-refractivity contribution < 1.29 is 4.79 Å². The third-order valence-electron chi connectivity index (χ3n) is 4.89. The second-order valence-electron chi connectivity index (χ2n) is 6.28. The molecular weight excluding hydrogens is 262 g/mol. The highest BCUT2D eigenvalue weighted by atomic mass is 16.1. The molecule has 4 heteroatoms. The molecule has 2 heterocycles. The van der Waals surface area contributed by atoms with Crippen LogP contribution in [0.5, 0.6) is 0 Å². The van der Waals surface area contributed by atoms with Gasteiger partial charge in [-0.2, -0.15) is 0 Å². The van der Waals surface area contributed by atoms with Crippen molar-refractivity contribution in [2.24, 2.45) is 5.92 Å². The zero-order valence-electron chi connectivity index (χ0n) is 12.1. The molecule has 3 unspecified atom stereocenters. The average molecular weight is 281 g/mol. The number of nitrogens with zero attached hydrogens (tertiary/aromatic N) is 1. The van der Waals surface area contributed by atoms with E-state index in [0.29, 0.717) is 23.7 Å². The number of benzene rings is 1. The summed E-state index contributed by atoms with van der Waals surface area (Å²) in [6.07, 6.45) is 4.03. The Morgan fingerprint density at radius 1 is 1.38 bits per heavy atom. The lowest BCUT2D eigenvalue weighted by molar-refractivity contribution is 0.0920. The largest absolute Gasteiger partial charge is 0.348 e. The maximum atomic E-state index is 12.4. The number of aromatic nitrogens is 1. The van der Waals surface area contributed by atoms with E-state index >= 15 is 0 Å². The van der Waals surface area contributed by atoms with E-state index < -0.39 is 0 Å². The van der Waals surface area contributed by atoms with Crippen LogP contribution < -0.4 is 10.6 Å². The first-order chi connectivity index (χ1) is 10.2. The Hall–Kier alpha value is -1.94. The summed E-state index contributed by atoms with van der Waals surface area (Å²) in [5.74, 6) is 0.541. The summed E-state index contributed by atoms with van der Waals surface area (Å²) in [6, 6.07) is 8.90. The van der Waals surface area contributed by atoms with Crippen molar-refractivity contribution in [2.45, 2.75) is 31.8 Å². The van der Waals surface area contributed by atoms with Crippen molar-refractivity contribution in [1.29, 1.82) is 0 Å². The fraction of sp³-hybridized carbons (Fsp3) is 0.412. The van der Waals surface area contributed by atoms with Crippen molar-refractivity contribution >= 4 is 16.7 Å². The van der Waals surface area contributed by atoms with Crippen molar-refractivity contribution in [1.82, 2.24) is 15.6 Å². The fourth-order valence-corrected chi connectivity index (χ4v) is 3.70. The van der Waals surface area contributed by atoms with E-state index in [4.69, 9.17) is 0 Å². The quantitative estimate of drug-likeness (QED) is 0.885. The van der Waals surface area contributed by atoms with E-state index in [9.17, 15) is 4.79 Å². The molecule has 2 fully saturated rings. The number of pyridine rings is 1. The molecule has 4 nitrogen and oxygen atoms in total. The first kappa shape index (κ1) is 12.8. The van der Waals surface area contributed by atoms with Gasteiger partial charge in [0, 0.05) is 30.2 Å². The summed E-state index contributed by atoms with van der Waals surface area (Å²) in [6.45, 7) is 3.09. The summed E-state index contributed by atoms with van der Waals surface area (Å²) in [5.41, 5.74) is 1.70. The van der Waals surface area contributed by atoms with E-state index in [1.54, 1.807) is 6.20 Å². The zero-order valence-corrected chi connectivity index (χ0v) is 12.1. The van der Waals surface area contributed by atoms with Crippen LogP contribution in [0.2, 0.25) is 0 Å².